The van der Waals surface area contributed by atoms with Crippen LogP contribution in [0, 0.1) is 6.92 Å². The zero-order chi connectivity index (χ0) is 14.9. The summed E-state index contributed by atoms with van der Waals surface area (Å²) in [4.78, 5) is 11.8. The molecule has 0 unspecified atom stereocenters. The van der Waals surface area contributed by atoms with Gasteiger partial charge in [-0.1, -0.05) is 60.2 Å². The van der Waals surface area contributed by atoms with E-state index in [1.54, 1.807) is 0 Å². The third kappa shape index (κ3) is 6.05. The summed E-state index contributed by atoms with van der Waals surface area (Å²) in [5.41, 5.74) is 3.70. The molecule has 0 aliphatic carbocycles. The molecule has 110 valence electrons. The molecule has 0 aliphatic rings. The van der Waals surface area contributed by atoms with E-state index in [9.17, 15) is 4.79 Å². The minimum Gasteiger partial charge on any atom is -0.355 e. The van der Waals surface area contributed by atoms with Gasteiger partial charge in [-0.3, -0.25) is 4.79 Å². The highest BCUT2D eigenvalue weighted by molar-refractivity contribution is 7.98. The van der Waals surface area contributed by atoms with Crippen LogP contribution in [0.25, 0.3) is 0 Å². The first-order valence-electron chi connectivity index (χ1n) is 7.18. The van der Waals surface area contributed by atoms with E-state index in [1.165, 1.54) is 11.1 Å². The molecule has 0 fully saturated rings. The van der Waals surface area contributed by atoms with Crippen molar-refractivity contribution >= 4 is 17.7 Å². The minimum atomic E-state index is 0.0948. The van der Waals surface area contributed by atoms with Gasteiger partial charge in [0.15, 0.2) is 0 Å². The highest BCUT2D eigenvalue weighted by atomic mass is 32.2. The van der Waals surface area contributed by atoms with Crippen molar-refractivity contribution in [2.75, 3.05) is 12.3 Å². The van der Waals surface area contributed by atoms with E-state index in [0.29, 0.717) is 6.42 Å². The zero-order valence-corrected chi connectivity index (χ0v) is 13.2. The maximum absolute atomic E-state index is 11.8. The Balaban J connectivity index is 1.60. The van der Waals surface area contributed by atoms with Gasteiger partial charge in [-0.25, -0.2) is 0 Å². The number of benzene rings is 2. The lowest BCUT2D eigenvalue weighted by molar-refractivity contribution is -0.120. The van der Waals surface area contributed by atoms with Gasteiger partial charge >= 0.3 is 0 Å². The van der Waals surface area contributed by atoms with Gasteiger partial charge in [-0.15, -0.1) is 0 Å². The maximum Gasteiger partial charge on any atom is 0.224 e. The molecule has 0 saturated heterocycles. The number of aryl methyl sites for hydroxylation is 1. The summed E-state index contributed by atoms with van der Waals surface area (Å²) in [6.45, 7) is 2.83. The van der Waals surface area contributed by atoms with Crippen LogP contribution in [0.15, 0.2) is 54.6 Å². The van der Waals surface area contributed by atoms with Gasteiger partial charge in [0, 0.05) is 18.1 Å². The van der Waals surface area contributed by atoms with Gasteiger partial charge in [-0.05, 0) is 18.1 Å². The number of nitrogens with one attached hydrogen (secondary N) is 1. The largest absolute Gasteiger partial charge is 0.355 e. The van der Waals surface area contributed by atoms with Crippen molar-refractivity contribution in [3.05, 3.63) is 71.3 Å². The second kappa shape index (κ2) is 8.53. The maximum atomic E-state index is 11.8. The van der Waals surface area contributed by atoms with Gasteiger partial charge < -0.3 is 5.32 Å². The monoisotopic (exact) mass is 299 g/mol. The molecule has 2 rings (SSSR count). The molecule has 2 aromatic rings. The van der Waals surface area contributed by atoms with E-state index in [1.807, 2.05) is 42.1 Å². The van der Waals surface area contributed by atoms with Crippen LogP contribution >= 0.6 is 11.8 Å². The van der Waals surface area contributed by atoms with E-state index in [2.05, 4.69) is 36.5 Å². The summed E-state index contributed by atoms with van der Waals surface area (Å²) < 4.78 is 0. The van der Waals surface area contributed by atoms with E-state index in [-0.39, 0.29) is 5.91 Å². The van der Waals surface area contributed by atoms with Crippen molar-refractivity contribution in [1.82, 2.24) is 5.32 Å². The van der Waals surface area contributed by atoms with Crippen LogP contribution in [0.1, 0.15) is 16.7 Å². The van der Waals surface area contributed by atoms with Crippen molar-refractivity contribution in [2.45, 2.75) is 19.1 Å². The van der Waals surface area contributed by atoms with Gasteiger partial charge in [0.05, 0.1) is 6.42 Å². The number of amides is 1. The van der Waals surface area contributed by atoms with Crippen molar-refractivity contribution in [3.63, 3.8) is 0 Å². The van der Waals surface area contributed by atoms with Crippen molar-refractivity contribution in [3.8, 4) is 0 Å². The number of thioether (sulfide) groups is 1. The fourth-order valence-electron chi connectivity index (χ4n) is 2.10. The van der Waals surface area contributed by atoms with Crippen molar-refractivity contribution < 1.29 is 4.79 Å². The average Bonchev–Trinajstić information content (AvgIpc) is 2.48. The first kappa shape index (κ1) is 15.6. The van der Waals surface area contributed by atoms with Gasteiger partial charge in [0.2, 0.25) is 5.91 Å². The average molecular weight is 299 g/mol. The molecule has 2 nitrogen and oxygen atoms in total. The molecule has 0 heterocycles. The standard InChI is InChI=1S/C18H21NOS/c1-15-6-5-9-17(12-15)14-21-11-10-19-18(20)13-16-7-3-2-4-8-16/h2-9,12H,10-11,13-14H2,1H3,(H,19,20). The highest BCUT2D eigenvalue weighted by Crippen LogP contribution is 2.12. The van der Waals surface area contributed by atoms with Gasteiger partial charge in [0.1, 0.15) is 0 Å². The highest BCUT2D eigenvalue weighted by Gasteiger charge is 2.02. The Hall–Kier alpha value is -1.74. The Labute approximate surface area is 131 Å². The smallest absolute Gasteiger partial charge is 0.224 e. The lowest BCUT2D eigenvalue weighted by Crippen LogP contribution is -2.27. The number of carbonyl (C=O) groups is 1. The number of hydrogen-bond acceptors (Lipinski definition) is 2. The van der Waals surface area contributed by atoms with E-state index in [4.69, 9.17) is 0 Å². The molecule has 0 atom stereocenters. The molecule has 0 aliphatic heterocycles. The van der Waals surface area contributed by atoms with E-state index in [0.717, 1.165) is 23.6 Å². The second-order valence-electron chi connectivity index (χ2n) is 5.05. The minimum absolute atomic E-state index is 0.0948. The summed E-state index contributed by atoms with van der Waals surface area (Å²) in [6.07, 6.45) is 0.462. The molecular formula is C18H21NOS. The third-order valence-electron chi connectivity index (χ3n) is 3.13. The van der Waals surface area contributed by atoms with Crippen LogP contribution in [-0.2, 0) is 17.0 Å². The predicted octanol–water partition coefficient (Wildman–Crippen LogP) is 3.59. The number of rotatable bonds is 7. The van der Waals surface area contributed by atoms with Crippen molar-refractivity contribution in [2.24, 2.45) is 0 Å². The normalized spacial score (nSPS) is 10.3. The first-order chi connectivity index (χ1) is 10.2. The van der Waals surface area contributed by atoms with Gasteiger partial charge in [0.25, 0.3) is 0 Å². The summed E-state index contributed by atoms with van der Waals surface area (Å²) in [7, 11) is 0. The predicted molar refractivity (Wildman–Crippen MR) is 90.5 cm³/mol. The third-order valence-corrected chi connectivity index (χ3v) is 4.16. The van der Waals surface area contributed by atoms with Crippen LogP contribution < -0.4 is 5.32 Å². The quantitative estimate of drug-likeness (QED) is 0.792. The molecule has 21 heavy (non-hydrogen) atoms. The van der Waals surface area contributed by atoms with Crippen LogP contribution in [0.4, 0.5) is 0 Å². The molecule has 1 amide bonds. The molecule has 1 N–H and O–H groups in total. The van der Waals surface area contributed by atoms with Crippen LogP contribution in [-0.4, -0.2) is 18.2 Å². The zero-order valence-electron chi connectivity index (χ0n) is 12.3. The fraction of sp³-hybridized carbons (Fsp3) is 0.278. The number of carbonyl (C=O) groups excluding carboxylic acids is 1. The summed E-state index contributed by atoms with van der Waals surface area (Å²) in [5, 5.41) is 2.97. The Morgan fingerprint density at radius 1 is 1.05 bits per heavy atom. The molecule has 0 radical (unpaired) electrons. The first-order valence-corrected chi connectivity index (χ1v) is 8.33. The fourth-order valence-corrected chi connectivity index (χ4v) is 2.90. The van der Waals surface area contributed by atoms with E-state index >= 15 is 0 Å². The molecule has 2 aromatic carbocycles. The van der Waals surface area contributed by atoms with Gasteiger partial charge in [-0.2, -0.15) is 11.8 Å². The summed E-state index contributed by atoms with van der Waals surface area (Å²) in [6, 6.07) is 18.4. The summed E-state index contributed by atoms with van der Waals surface area (Å²) in [5.74, 6) is 2.03. The molecule has 0 spiro atoms. The van der Waals surface area contributed by atoms with E-state index < -0.39 is 0 Å². The van der Waals surface area contributed by atoms with Crippen LogP contribution in [0.5, 0.6) is 0 Å². The summed E-state index contributed by atoms with van der Waals surface area (Å²) >= 11 is 1.85. The Morgan fingerprint density at radius 2 is 1.81 bits per heavy atom. The lowest BCUT2D eigenvalue weighted by Gasteiger charge is -2.06. The Kier molecular flexibility index (Phi) is 6.35. The number of hydrogen-bond donors (Lipinski definition) is 1. The lowest BCUT2D eigenvalue weighted by atomic mass is 10.1. The Bertz CT molecular complexity index is 568. The van der Waals surface area contributed by atoms with Crippen LogP contribution in [0.3, 0.4) is 0 Å². The molecule has 0 bridgehead atoms. The topological polar surface area (TPSA) is 29.1 Å². The molecule has 0 saturated carbocycles. The van der Waals surface area contributed by atoms with Crippen molar-refractivity contribution in [1.29, 1.82) is 0 Å². The SMILES string of the molecule is Cc1cccc(CSCCNC(=O)Cc2ccccc2)c1. The molecule has 0 aromatic heterocycles. The van der Waals surface area contributed by atoms with Crippen LogP contribution in [0.2, 0.25) is 0 Å². The molecule has 3 heteroatoms. The second-order valence-corrected chi connectivity index (χ2v) is 6.16. The molecular weight excluding hydrogens is 278 g/mol. The Morgan fingerprint density at radius 3 is 2.57 bits per heavy atom.